The van der Waals surface area contributed by atoms with Gasteiger partial charge in [-0.1, -0.05) is 12.1 Å². The van der Waals surface area contributed by atoms with Gasteiger partial charge in [-0.15, -0.1) is 0 Å². The largest absolute Gasteiger partial charge is 0.480 e. The zero-order valence-electron chi connectivity index (χ0n) is 11.2. The van der Waals surface area contributed by atoms with Crippen LogP contribution in [0.2, 0.25) is 0 Å². The van der Waals surface area contributed by atoms with Crippen LogP contribution in [-0.2, 0) is 4.79 Å². The molecule has 0 radical (unpaired) electrons. The molecule has 2 rings (SSSR count). The normalized spacial score (nSPS) is 12.3. The predicted octanol–water partition coefficient (Wildman–Crippen LogP) is 1.45. The molecule has 1 unspecified atom stereocenters. The Balaban J connectivity index is 2.33. The molecule has 0 saturated heterocycles. The Morgan fingerprint density at radius 1 is 1.43 bits per heavy atom. The number of rotatable bonds is 5. The Labute approximate surface area is 119 Å². The van der Waals surface area contributed by atoms with Crippen LogP contribution in [0, 0.1) is 12.7 Å². The quantitative estimate of drug-likeness (QED) is 0.775. The monoisotopic (exact) mass is 295 g/mol. The number of halogens is 1. The van der Waals surface area contributed by atoms with E-state index >= 15 is 0 Å². The minimum absolute atomic E-state index is 0.0471. The van der Waals surface area contributed by atoms with E-state index in [0.29, 0.717) is 10.9 Å². The van der Waals surface area contributed by atoms with Gasteiger partial charge < -0.3 is 19.9 Å². The molecule has 1 aromatic heterocycles. The van der Waals surface area contributed by atoms with E-state index in [9.17, 15) is 14.0 Å². The highest BCUT2D eigenvalue weighted by molar-refractivity contribution is 6.00. The number of aryl methyl sites for hydroxylation is 1. The fourth-order valence-electron chi connectivity index (χ4n) is 2.04. The fraction of sp³-hybridized carbons (Fsp3) is 0.286. The van der Waals surface area contributed by atoms with Crippen molar-refractivity contribution in [3.05, 3.63) is 35.3 Å². The van der Waals surface area contributed by atoms with Crippen LogP contribution >= 0.6 is 0 Å². The number of carboxylic acids is 1. The zero-order valence-corrected chi connectivity index (χ0v) is 11.2. The van der Waals surface area contributed by atoms with Crippen molar-refractivity contribution >= 4 is 22.8 Å². The number of carboxylic acid groups (broad SMARTS) is 1. The second-order valence-corrected chi connectivity index (χ2v) is 4.55. The fourth-order valence-corrected chi connectivity index (χ4v) is 2.04. The molecule has 1 atom stereocenters. The van der Waals surface area contributed by atoms with Gasteiger partial charge in [0.1, 0.15) is 6.04 Å². The average Bonchev–Trinajstić information content (AvgIpc) is 2.77. The van der Waals surface area contributed by atoms with Gasteiger partial charge in [-0.05, 0) is 13.0 Å². The van der Waals surface area contributed by atoms with Crippen molar-refractivity contribution in [1.29, 1.82) is 0 Å². The van der Waals surface area contributed by atoms with Crippen LogP contribution in [0.3, 0.4) is 0 Å². The Bertz CT molecular complexity index is 694. The number of amides is 1. The summed E-state index contributed by atoms with van der Waals surface area (Å²) in [6.45, 7) is 1.20. The zero-order chi connectivity index (χ0) is 15.6. The van der Waals surface area contributed by atoms with Crippen LogP contribution in [-0.4, -0.2) is 34.7 Å². The summed E-state index contributed by atoms with van der Waals surface area (Å²) in [5.41, 5.74) is 0.379. The van der Waals surface area contributed by atoms with Gasteiger partial charge in [-0.25, -0.2) is 9.18 Å². The summed E-state index contributed by atoms with van der Waals surface area (Å²) >= 11 is 0. The maximum atomic E-state index is 13.6. The van der Waals surface area contributed by atoms with Crippen molar-refractivity contribution in [2.24, 2.45) is 0 Å². The number of para-hydroxylation sites is 1. The third-order valence-corrected chi connectivity index (χ3v) is 3.14. The maximum absolute atomic E-state index is 13.6. The molecule has 0 spiro atoms. The number of aliphatic carboxylic acids is 1. The van der Waals surface area contributed by atoms with Gasteiger partial charge in [0, 0.05) is 24.0 Å². The van der Waals surface area contributed by atoms with Crippen molar-refractivity contribution in [2.75, 3.05) is 6.61 Å². The average molecular weight is 295 g/mol. The van der Waals surface area contributed by atoms with E-state index in [2.05, 4.69) is 5.32 Å². The Kier molecular flexibility index (Phi) is 4.23. The van der Waals surface area contributed by atoms with Crippen LogP contribution in [0.25, 0.3) is 11.0 Å². The first-order valence-corrected chi connectivity index (χ1v) is 6.27. The van der Waals surface area contributed by atoms with E-state index in [4.69, 9.17) is 14.6 Å². The SMILES string of the molecule is Cc1c(C(=O)NC(CCO)C(=O)O)oc2c(F)cccc12. The summed E-state index contributed by atoms with van der Waals surface area (Å²) in [4.78, 5) is 23.0. The van der Waals surface area contributed by atoms with Gasteiger partial charge in [0.15, 0.2) is 17.2 Å². The molecule has 0 saturated carbocycles. The maximum Gasteiger partial charge on any atom is 0.326 e. The standard InChI is InChI=1S/C14H14FNO5/c1-7-8-3-2-4-9(15)12(8)21-11(7)13(18)16-10(5-6-17)14(19)20/h2-4,10,17H,5-6H2,1H3,(H,16,18)(H,19,20). The summed E-state index contributed by atoms with van der Waals surface area (Å²) in [5, 5.41) is 20.4. The van der Waals surface area contributed by atoms with Gasteiger partial charge in [0.05, 0.1) is 0 Å². The molecule has 6 nitrogen and oxygen atoms in total. The number of benzene rings is 1. The molecule has 7 heteroatoms. The second-order valence-electron chi connectivity index (χ2n) is 4.55. The van der Waals surface area contributed by atoms with E-state index in [0.717, 1.165) is 0 Å². The molecule has 112 valence electrons. The van der Waals surface area contributed by atoms with E-state index in [1.165, 1.54) is 12.1 Å². The first-order valence-electron chi connectivity index (χ1n) is 6.27. The van der Waals surface area contributed by atoms with Gasteiger partial charge in [0.2, 0.25) is 0 Å². The molecule has 1 heterocycles. The lowest BCUT2D eigenvalue weighted by atomic mass is 10.1. The number of hydrogen-bond donors (Lipinski definition) is 3. The molecule has 0 aliphatic carbocycles. The Morgan fingerprint density at radius 2 is 2.14 bits per heavy atom. The summed E-state index contributed by atoms with van der Waals surface area (Å²) < 4.78 is 18.8. The molecule has 21 heavy (non-hydrogen) atoms. The van der Waals surface area contributed by atoms with E-state index in [1.54, 1.807) is 13.0 Å². The number of carbonyl (C=O) groups is 2. The van der Waals surface area contributed by atoms with Crippen molar-refractivity contribution in [2.45, 2.75) is 19.4 Å². The minimum Gasteiger partial charge on any atom is -0.480 e. The lowest BCUT2D eigenvalue weighted by Crippen LogP contribution is -2.41. The van der Waals surface area contributed by atoms with Crippen molar-refractivity contribution in [3.63, 3.8) is 0 Å². The van der Waals surface area contributed by atoms with Crippen molar-refractivity contribution in [1.82, 2.24) is 5.32 Å². The number of carbonyl (C=O) groups excluding carboxylic acids is 1. The molecule has 3 N–H and O–H groups in total. The summed E-state index contributed by atoms with van der Waals surface area (Å²) in [7, 11) is 0. The van der Waals surface area contributed by atoms with Gasteiger partial charge >= 0.3 is 5.97 Å². The van der Waals surface area contributed by atoms with Crippen LogP contribution in [0.1, 0.15) is 22.5 Å². The minimum atomic E-state index is -1.27. The summed E-state index contributed by atoms with van der Waals surface area (Å²) in [5.74, 6) is -2.76. The molecular weight excluding hydrogens is 281 g/mol. The lowest BCUT2D eigenvalue weighted by Gasteiger charge is -2.12. The molecule has 1 amide bonds. The van der Waals surface area contributed by atoms with Gasteiger partial charge in [0.25, 0.3) is 5.91 Å². The third kappa shape index (κ3) is 2.87. The van der Waals surface area contributed by atoms with Crippen molar-refractivity contribution < 1.29 is 28.6 Å². The molecule has 0 fully saturated rings. The molecule has 0 aliphatic heterocycles. The van der Waals surface area contributed by atoms with E-state index in [1.807, 2.05) is 0 Å². The highest BCUT2D eigenvalue weighted by Crippen LogP contribution is 2.27. The van der Waals surface area contributed by atoms with Gasteiger partial charge in [-0.3, -0.25) is 4.79 Å². The van der Waals surface area contributed by atoms with E-state index < -0.39 is 23.7 Å². The van der Waals surface area contributed by atoms with Crippen LogP contribution < -0.4 is 5.32 Å². The number of fused-ring (bicyclic) bond motifs is 1. The third-order valence-electron chi connectivity index (χ3n) is 3.14. The number of hydrogen-bond acceptors (Lipinski definition) is 4. The topological polar surface area (TPSA) is 99.8 Å². The van der Waals surface area contributed by atoms with Crippen molar-refractivity contribution in [3.8, 4) is 0 Å². The number of aliphatic hydroxyl groups is 1. The summed E-state index contributed by atoms with van der Waals surface area (Å²) in [6.07, 6.45) is -0.130. The van der Waals surface area contributed by atoms with Crippen LogP contribution in [0.15, 0.2) is 22.6 Å². The number of aliphatic hydroxyl groups excluding tert-OH is 1. The van der Waals surface area contributed by atoms with Crippen LogP contribution in [0.5, 0.6) is 0 Å². The second kappa shape index (κ2) is 5.92. The Morgan fingerprint density at radius 3 is 2.71 bits per heavy atom. The summed E-state index contributed by atoms with van der Waals surface area (Å²) in [6, 6.07) is 3.07. The molecule has 2 aromatic rings. The highest BCUT2D eigenvalue weighted by atomic mass is 19.1. The number of nitrogens with one attached hydrogen (secondary N) is 1. The molecule has 1 aromatic carbocycles. The molecular formula is C14H14FNO5. The van der Waals surface area contributed by atoms with E-state index in [-0.39, 0.29) is 24.4 Å². The first-order chi connectivity index (χ1) is 9.95. The first kappa shape index (κ1) is 15.0. The number of furan rings is 1. The molecule has 0 aliphatic rings. The van der Waals surface area contributed by atoms with Gasteiger partial charge in [-0.2, -0.15) is 0 Å². The molecule has 0 bridgehead atoms. The predicted molar refractivity (Wildman–Crippen MR) is 71.5 cm³/mol. The van der Waals surface area contributed by atoms with Crippen LogP contribution in [0.4, 0.5) is 4.39 Å². The highest BCUT2D eigenvalue weighted by Gasteiger charge is 2.24. The smallest absolute Gasteiger partial charge is 0.326 e. The lowest BCUT2D eigenvalue weighted by molar-refractivity contribution is -0.139. The Hall–Kier alpha value is -2.41.